The second kappa shape index (κ2) is 4.76. The molecule has 4 nitrogen and oxygen atoms in total. The van der Waals surface area contributed by atoms with Gasteiger partial charge in [-0.05, 0) is 18.6 Å². The van der Waals surface area contributed by atoms with E-state index in [1.165, 1.54) is 0 Å². The second-order valence-electron chi connectivity index (χ2n) is 3.47. The highest BCUT2D eigenvalue weighted by molar-refractivity contribution is 5.44. The summed E-state index contributed by atoms with van der Waals surface area (Å²) in [5, 5.41) is 8.79. The van der Waals surface area contributed by atoms with Crippen LogP contribution in [0.2, 0.25) is 0 Å². The molecule has 0 spiro atoms. The van der Waals surface area contributed by atoms with Gasteiger partial charge in [0.2, 0.25) is 0 Å². The van der Waals surface area contributed by atoms with Crippen molar-refractivity contribution in [1.29, 1.82) is 5.26 Å². The molecule has 0 radical (unpaired) electrons. The highest BCUT2D eigenvalue weighted by Crippen LogP contribution is 2.13. The van der Waals surface area contributed by atoms with Crippen molar-refractivity contribution in [2.45, 2.75) is 6.42 Å². The summed E-state index contributed by atoms with van der Waals surface area (Å²) in [4.78, 5) is 6.43. The summed E-state index contributed by atoms with van der Waals surface area (Å²) in [5.74, 6) is 0.875. The van der Waals surface area contributed by atoms with E-state index < -0.39 is 0 Å². The Bertz CT molecular complexity index is 364. The minimum absolute atomic E-state index is 0.658. The van der Waals surface area contributed by atoms with E-state index in [9.17, 15) is 0 Å². The molecule has 0 amide bonds. The number of nitrogens with zero attached hydrogens (tertiary/aromatic N) is 3. The molecule has 0 unspecified atom stereocenters. The summed E-state index contributed by atoms with van der Waals surface area (Å²) in [6, 6.07) is 5.67. The molecule has 0 aliphatic carbocycles. The first-order valence-corrected chi connectivity index (χ1v) is 5.09. The Balaban J connectivity index is 2.16. The summed E-state index contributed by atoms with van der Waals surface area (Å²) in [6.07, 6.45) is 2.69. The normalized spacial score (nSPS) is 16.9. The van der Waals surface area contributed by atoms with Gasteiger partial charge >= 0.3 is 0 Å². The number of hydrogen-bond donors (Lipinski definition) is 0. The van der Waals surface area contributed by atoms with Gasteiger partial charge in [0.05, 0.1) is 18.2 Å². The third-order valence-electron chi connectivity index (χ3n) is 2.42. The molecule has 2 rings (SSSR count). The van der Waals surface area contributed by atoms with E-state index in [1.54, 1.807) is 12.3 Å². The van der Waals surface area contributed by atoms with Crippen molar-refractivity contribution in [2.24, 2.45) is 0 Å². The first-order chi connectivity index (χ1) is 7.40. The van der Waals surface area contributed by atoms with Crippen LogP contribution in [0, 0.1) is 11.3 Å². The minimum Gasteiger partial charge on any atom is -0.380 e. The van der Waals surface area contributed by atoms with Crippen LogP contribution in [0.25, 0.3) is 0 Å². The third kappa shape index (κ3) is 2.45. The molecular weight excluding hydrogens is 190 g/mol. The van der Waals surface area contributed by atoms with E-state index in [-0.39, 0.29) is 0 Å². The quantitative estimate of drug-likeness (QED) is 0.687. The van der Waals surface area contributed by atoms with Gasteiger partial charge in [-0.2, -0.15) is 5.26 Å². The number of ether oxygens (including phenoxy) is 1. The van der Waals surface area contributed by atoms with Gasteiger partial charge in [0.15, 0.2) is 0 Å². The van der Waals surface area contributed by atoms with Crippen LogP contribution >= 0.6 is 0 Å². The molecule has 1 aromatic rings. The fraction of sp³-hybridized carbons (Fsp3) is 0.455. The van der Waals surface area contributed by atoms with Crippen molar-refractivity contribution in [2.75, 3.05) is 31.2 Å². The number of nitriles is 1. The van der Waals surface area contributed by atoms with Crippen LogP contribution in [0.3, 0.4) is 0 Å². The molecule has 0 aromatic carbocycles. The first-order valence-electron chi connectivity index (χ1n) is 5.09. The summed E-state index contributed by atoms with van der Waals surface area (Å²) in [6.45, 7) is 3.34. The Morgan fingerprint density at radius 1 is 1.40 bits per heavy atom. The number of aromatic nitrogens is 1. The smallest absolute Gasteiger partial charge is 0.129 e. The fourth-order valence-electron chi connectivity index (χ4n) is 1.64. The zero-order valence-electron chi connectivity index (χ0n) is 8.52. The van der Waals surface area contributed by atoms with Crippen molar-refractivity contribution in [3.63, 3.8) is 0 Å². The predicted molar refractivity (Wildman–Crippen MR) is 56.6 cm³/mol. The molecule has 0 atom stereocenters. The number of rotatable bonds is 1. The zero-order valence-corrected chi connectivity index (χ0v) is 8.52. The number of anilines is 1. The van der Waals surface area contributed by atoms with Crippen molar-refractivity contribution in [1.82, 2.24) is 4.98 Å². The SMILES string of the molecule is N#Cc1ccnc(N2CCCOCC2)c1. The zero-order chi connectivity index (χ0) is 10.5. The molecule has 78 valence electrons. The third-order valence-corrected chi connectivity index (χ3v) is 2.42. The monoisotopic (exact) mass is 203 g/mol. The summed E-state index contributed by atoms with van der Waals surface area (Å²) < 4.78 is 5.37. The lowest BCUT2D eigenvalue weighted by Gasteiger charge is -2.20. The molecule has 1 aromatic heterocycles. The van der Waals surface area contributed by atoms with Gasteiger partial charge in [0, 0.05) is 25.9 Å². The van der Waals surface area contributed by atoms with Crippen LogP contribution in [0.15, 0.2) is 18.3 Å². The Morgan fingerprint density at radius 2 is 2.33 bits per heavy atom. The minimum atomic E-state index is 0.658. The van der Waals surface area contributed by atoms with Gasteiger partial charge in [0.25, 0.3) is 0 Å². The molecular formula is C11H13N3O. The fourth-order valence-corrected chi connectivity index (χ4v) is 1.64. The van der Waals surface area contributed by atoms with E-state index in [0.29, 0.717) is 5.56 Å². The maximum absolute atomic E-state index is 8.79. The van der Waals surface area contributed by atoms with Crippen molar-refractivity contribution in [3.8, 4) is 6.07 Å². The molecule has 1 fully saturated rings. The molecule has 1 aliphatic rings. The van der Waals surface area contributed by atoms with Gasteiger partial charge in [0.1, 0.15) is 5.82 Å². The Labute approximate surface area is 89.1 Å². The predicted octanol–water partition coefficient (Wildman–Crippen LogP) is 1.18. The largest absolute Gasteiger partial charge is 0.380 e. The van der Waals surface area contributed by atoms with Crippen LogP contribution < -0.4 is 4.90 Å². The van der Waals surface area contributed by atoms with Crippen molar-refractivity contribution in [3.05, 3.63) is 23.9 Å². The summed E-state index contributed by atoms with van der Waals surface area (Å²) >= 11 is 0. The first kappa shape index (κ1) is 9.94. The molecule has 2 heterocycles. The standard InChI is InChI=1S/C11H13N3O/c12-9-10-2-3-13-11(8-10)14-4-1-6-15-7-5-14/h2-3,8H,1,4-7H2. The van der Waals surface area contributed by atoms with Gasteiger partial charge in [-0.1, -0.05) is 0 Å². The van der Waals surface area contributed by atoms with E-state index in [1.807, 2.05) is 6.07 Å². The van der Waals surface area contributed by atoms with Gasteiger partial charge in [-0.25, -0.2) is 4.98 Å². The lowest BCUT2D eigenvalue weighted by atomic mass is 10.2. The maximum atomic E-state index is 8.79. The van der Waals surface area contributed by atoms with Crippen LogP contribution in [0.4, 0.5) is 5.82 Å². The van der Waals surface area contributed by atoms with Crippen LogP contribution in [-0.4, -0.2) is 31.3 Å². The van der Waals surface area contributed by atoms with Crippen molar-refractivity contribution >= 4 is 5.82 Å². The highest BCUT2D eigenvalue weighted by Gasteiger charge is 2.11. The van der Waals surface area contributed by atoms with E-state index in [4.69, 9.17) is 10.00 Å². The van der Waals surface area contributed by atoms with Gasteiger partial charge in [-0.3, -0.25) is 0 Å². The molecule has 4 heteroatoms. The van der Waals surface area contributed by atoms with Crippen molar-refractivity contribution < 1.29 is 4.74 Å². The summed E-state index contributed by atoms with van der Waals surface area (Å²) in [7, 11) is 0. The molecule has 0 bridgehead atoms. The second-order valence-corrected chi connectivity index (χ2v) is 3.47. The Kier molecular flexibility index (Phi) is 3.15. The van der Waals surface area contributed by atoms with Crippen LogP contribution in [0.5, 0.6) is 0 Å². The average molecular weight is 203 g/mol. The van der Waals surface area contributed by atoms with Crippen LogP contribution in [-0.2, 0) is 4.74 Å². The lowest BCUT2D eigenvalue weighted by Crippen LogP contribution is -2.26. The Hall–Kier alpha value is -1.60. The van der Waals surface area contributed by atoms with E-state index in [0.717, 1.165) is 38.5 Å². The summed E-state index contributed by atoms with van der Waals surface area (Å²) in [5.41, 5.74) is 0.658. The van der Waals surface area contributed by atoms with Gasteiger partial charge in [-0.15, -0.1) is 0 Å². The van der Waals surface area contributed by atoms with Gasteiger partial charge < -0.3 is 9.64 Å². The van der Waals surface area contributed by atoms with Crippen LogP contribution in [0.1, 0.15) is 12.0 Å². The average Bonchev–Trinajstić information content (AvgIpc) is 2.58. The Morgan fingerprint density at radius 3 is 3.20 bits per heavy atom. The molecule has 1 aliphatic heterocycles. The molecule has 1 saturated heterocycles. The lowest BCUT2D eigenvalue weighted by molar-refractivity contribution is 0.152. The topological polar surface area (TPSA) is 49.2 Å². The number of hydrogen-bond acceptors (Lipinski definition) is 4. The maximum Gasteiger partial charge on any atom is 0.129 e. The molecule has 0 saturated carbocycles. The molecule has 0 N–H and O–H groups in total. The molecule has 15 heavy (non-hydrogen) atoms. The van der Waals surface area contributed by atoms with E-state index in [2.05, 4.69) is 16.0 Å². The number of pyridine rings is 1. The highest BCUT2D eigenvalue weighted by atomic mass is 16.5. The van der Waals surface area contributed by atoms with E-state index >= 15 is 0 Å².